The van der Waals surface area contributed by atoms with Gasteiger partial charge in [0, 0.05) is 24.8 Å². The van der Waals surface area contributed by atoms with E-state index in [-0.39, 0.29) is 18.0 Å². The summed E-state index contributed by atoms with van der Waals surface area (Å²) in [7, 11) is 0. The second-order valence-electron chi connectivity index (χ2n) is 4.42. The molecule has 0 radical (unpaired) electrons. The molecule has 0 fully saturated rings. The zero-order valence-electron chi connectivity index (χ0n) is 11.2. The van der Waals surface area contributed by atoms with Crippen molar-refractivity contribution in [2.75, 3.05) is 0 Å². The minimum absolute atomic E-state index is 0.215. The van der Waals surface area contributed by atoms with Crippen LogP contribution in [0, 0.1) is 0 Å². The molecule has 0 saturated heterocycles. The third-order valence-electron chi connectivity index (χ3n) is 2.94. The summed E-state index contributed by atoms with van der Waals surface area (Å²) in [6, 6.07) is 9.60. The summed E-state index contributed by atoms with van der Waals surface area (Å²) in [5, 5.41) is 11.6. The van der Waals surface area contributed by atoms with E-state index in [0.717, 1.165) is 5.56 Å². The topological polar surface area (TPSA) is 105 Å². The van der Waals surface area contributed by atoms with Gasteiger partial charge in [-0.25, -0.2) is 4.79 Å². The van der Waals surface area contributed by atoms with E-state index < -0.39 is 5.97 Å². The van der Waals surface area contributed by atoms with Crippen molar-refractivity contribution in [3.63, 3.8) is 0 Å². The molecular weight excluding hydrogens is 270 g/mol. The van der Waals surface area contributed by atoms with E-state index in [9.17, 15) is 9.59 Å². The monoisotopic (exact) mass is 285 g/mol. The minimum Gasteiger partial charge on any atom is -0.478 e. The van der Waals surface area contributed by atoms with Gasteiger partial charge in [-0.05, 0) is 29.8 Å². The molecular formula is C15H15N3O3. The number of hydrogen-bond acceptors (Lipinski definition) is 4. The second kappa shape index (κ2) is 6.62. The zero-order valence-corrected chi connectivity index (χ0v) is 11.2. The molecule has 0 aliphatic heterocycles. The number of carboxylic acids is 1. The molecule has 0 aliphatic carbocycles. The van der Waals surface area contributed by atoms with E-state index >= 15 is 0 Å². The fraction of sp³-hybridized carbons (Fsp3) is 0.133. The third kappa shape index (κ3) is 3.87. The number of nitrogens with one attached hydrogen (secondary N) is 1. The maximum Gasteiger partial charge on any atom is 0.335 e. The van der Waals surface area contributed by atoms with Crippen molar-refractivity contribution >= 4 is 11.9 Å². The minimum atomic E-state index is -0.975. The molecule has 1 amide bonds. The highest BCUT2D eigenvalue weighted by atomic mass is 16.4. The smallest absolute Gasteiger partial charge is 0.335 e. The van der Waals surface area contributed by atoms with Crippen LogP contribution in [0.5, 0.6) is 0 Å². The Morgan fingerprint density at radius 2 is 1.86 bits per heavy atom. The number of carbonyl (C=O) groups excluding carboxylic acids is 1. The molecule has 6 heteroatoms. The number of benzene rings is 1. The van der Waals surface area contributed by atoms with Crippen LogP contribution < -0.4 is 11.1 Å². The van der Waals surface area contributed by atoms with Crippen LogP contribution in [0.1, 0.15) is 32.0 Å². The van der Waals surface area contributed by atoms with Crippen LogP contribution in [0.15, 0.2) is 42.6 Å². The number of aromatic carboxylic acids is 1. The Morgan fingerprint density at radius 3 is 2.48 bits per heavy atom. The molecule has 108 valence electrons. The normalized spacial score (nSPS) is 10.1. The fourth-order valence-corrected chi connectivity index (χ4v) is 1.78. The summed E-state index contributed by atoms with van der Waals surface area (Å²) in [4.78, 5) is 26.7. The molecule has 1 aromatic heterocycles. The van der Waals surface area contributed by atoms with E-state index in [1.807, 2.05) is 0 Å². The summed E-state index contributed by atoms with van der Waals surface area (Å²) in [6.45, 7) is 0.594. The van der Waals surface area contributed by atoms with E-state index in [4.69, 9.17) is 10.8 Å². The average Bonchev–Trinajstić information content (AvgIpc) is 2.53. The van der Waals surface area contributed by atoms with Gasteiger partial charge in [0.25, 0.3) is 5.91 Å². The van der Waals surface area contributed by atoms with Crippen LogP contribution in [0.25, 0.3) is 0 Å². The fourth-order valence-electron chi connectivity index (χ4n) is 1.78. The SMILES string of the molecule is NCc1cc(C(=O)NCc2ccc(C(=O)O)cc2)ccn1. The first kappa shape index (κ1) is 14.7. The molecule has 0 bridgehead atoms. The van der Waals surface area contributed by atoms with E-state index in [0.29, 0.717) is 17.8 Å². The Balaban J connectivity index is 1.98. The molecule has 0 saturated carbocycles. The molecule has 4 N–H and O–H groups in total. The summed E-state index contributed by atoms with van der Waals surface area (Å²) in [5.74, 6) is -1.20. The van der Waals surface area contributed by atoms with Gasteiger partial charge >= 0.3 is 5.97 Å². The molecule has 1 heterocycles. The number of aromatic nitrogens is 1. The Bertz CT molecular complexity index is 653. The van der Waals surface area contributed by atoms with Gasteiger partial charge in [-0.1, -0.05) is 12.1 Å². The van der Waals surface area contributed by atoms with Crippen LogP contribution >= 0.6 is 0 Å². The largest absolute Gasteiger partial charge is 0.478 e. The van der Waals surface area contributed by atoms with Crippen molar-refractivity contribution in [2.45, 2.75) is 13.1 Å². The molecule has 0 atom stereocenters. The Morgan fingerprint density at radius 1 is 1.14 bits per heavy atom. The van der Waals surface area contributed by atoms with Gasteiger partial charge in [0.2, 0.25) is 0 Å². The summed E-state index contributed by atoms with van der Waals surface area (Å²) in [6.07, 6.45) is 1.54. The van der Waals surface area contributed by atoms with Crippen LogP contribution in [-0.2, 0) is 13.1 Å². The van der Waals surface area contributed by atoms with Gasteiger partial charge in [0.1, 0.15) is 0 Å². The lowest BCUT2D eigenvalue weighted by Crippen LogP contribution is -2.23. The van der Waals surface area contributed by atoms with Crippen molar-refractivity contribution in [1.82, 2.24) is 10.3 Å². The van der Waals surface area contributed by atoms with Crippen LogP contribution in [0.2, 0.25) is 0 Å². The predicted molar refractivity (Wildman–Crippen MR) is 76.7 cm³/mol. The first-order valence-corrected chi connectivity index (χ1v) is 6.35. The Kier molecular flexibility index (Phi) is 4.63. The standard InChI is InChI=1S/C15H15N3O3/c16-8-13-7-12(5-6-17-13)14(19)18-9-10-1-3-11(4-2-10)15(20)21/h1-7H,8-9,16H2,(H,18,19)(H,20,21). The van der Waals surface area contributed by atoms with Crippen LogP contribution in [0.4, 0.5) is 0 Å². The first-order valence-electron chi connectivity index (χ1n) is 6.35. The van der Waals surface area contributed by atoms with Crippen molar-refractivity contribution < 1.29 is 14.7 Å². The first-order chi connectivity index (χ1) is 10.1. The zero-order chi connectivity index (χ0) is 15.2. The molecule has 2 rings (SSSR count). The Labute approximate surface area is 121 Å². The molecule has 2 aromatic rings. The number of amides is 1. The van der Waals surface area contributed by atoms with Gasteiger partial charge in [0.15, 0.2) is 0 Å². The van der Waals surface area contributed by atoms with Gasteiger partial charge in [-0.15, -0.1) is 0 Å². The van der Waals surface area contributed by atoms with Crippen molar-refractivity contribution in [1.29, 1.82) is 0 Å². The maximum absolute atomic E-state index is 12.0. The summed E-state index contributed by atoms with van der Waals surface area (Å²) in [5.41, 5.74) is 7.66. The van der Waals surface area contributed by atoms with Gasteiger partial charge in [-0.2, -0.15) is 0 Å². The number of nitrogens with zero attached hydrogens (tertiary/aromatic N) is 1. The second-order valence-corrected chi connectivity index (χ2v) is 4.42. The number of hydrogen-bond donors (Lipinski definition) is 3. The number of rotatable bonds is 5. The molecule has 0 aliphatic rings. The third-order valence-corrected chi connectivity index (χ3v) is 2.94. The lowest BCUT2D eigenvalue weighted by molar-refractivity contribution is 0.0696. The summed E-state index contributed by atoms with van der Waals surface area (Å²) >= 11 is 0. The van der Waals surface area contributed by atoms with E-state index in [2.05, 4.69) is 10.3 Å². The molecule has 1 aromatic carbocycles. The van der Waals surface area contributed by atoms with E-state index in [1.54, 1.807) is 30.5 Å². The van der Waals surface area contributed by atoms with E-state index in [1.165, 1.54) is 12.1 Å². The van der Waals surface area contributed by atoms with Crippen LogP contribution in [0.3, 0.4) is 0 Å². The van der Waals surface area contributed by atoms with Crippen molar-refractivity contribution in [3.8, 4) is 0 Å². The van der Waals surface area contributed by atoms with Gasteiger partial charge < -0.3 is 16.2 Å². The highest BCUT2D eigenvalue weighted by Gasteiger charge is 2.07. The molecule has 6 nitrogen and oxygen atoms in total. The van der Waals surface area contributed by atoms with Gasteiger partial charge in [-0.3, -0.25) is 9.78 Å². The van der Waals surface area contributed by atoms with Crippen LogP contribution in [-0.4, -0.2) is 22.0 Å². The Hall–Kier alpha value is -2.73. The number of carboxylic acid groups (broad SMARTS) is 1. The highest BCUT2D eigenvalue weighted by Crippen LogP contribution is 2.06. The highest BCUT2D eigenvalue weighted by molar-refractivity contribution is 5.94. The van der Waals surface area contributed by atoms with Gasteiger partial charge in [0.05, 0.1) is 11.3 Å². The molecule has 0 spiro atoms. The van der Waals surface area contributed by atoms with Crippen molar-refractivity contribution in [3.05, 3.63) is 65.0 Å². The molecule has 0 unspecified atom stereocenters. The lowest BCUT2D eigenvalue weighted by atomic mass is 10.1. The molecule has 21 heavy (non-hydrogen) atoms. The quantitative estimate of drug-likeness (QED) is 0.764. The average molecular weight is 285 g/mol. The lowest BCUT2D eigenvalue weighted by Gasteiger charge is -2.06. The predicted octanol–water partition coefficient (Wildman–Crippen LogP) is 1.17. The summed E-state index contributed by atoms with van der Waals surface area (Å²) < 4.78 is 0. The number of nitrogens with two attached hydrogens (primary N) is 1. The maximum atomic E-state index is 12.0. The number of pyridine rings is 1. The number of carbonyl (C=O) groups is 2. The van der Waals surface area contributed by atoms with Crippen molar-refractivity contribution in [2.24, 2.45) is 5.73 Å².